The molecule has 5 heteroatoms. The van der Waals surface area contributed by atoms with Gasteiger partial charge in [0.25, 0.3) is 0 Å². The predicted molar refractivity (Wildman–Crippen MR) is 138 cm³/mol. The number of benzene rings is 1. The summed E-state index contributed by atoms with van der Waals surface area (Å²) in [5, 5.41) is 0.0250. The van der Waals surface area contributed by atoms with Crippen LogP contribution in [0.25, 0.3) is 0 Å². The molecule has 2 aliphatic heterocycles. The number of nitrogens with two attached hydrogens (primary N) is 2. The maximum Gasteiger partial charge on any atom is 0.170 e. The molecule has 32 heavy (non-hydrogen) atoms. The van der Waals surface area contributed by atoms with Crippen molar-refractivity contribution in [3.63, 3.8) is 0 Å². The summed E-state index contributed by atoms with van der Waals surface area (Å²) in [6.07, 6.45) is 8.68. The predicted octanol–water partition coefficient (Wildman–Crippen LogP) is 6.40. The molecule has 0 bridgehead atoms. The van der Waals surface area contributed by atoms with Crippen LogP contribution in [0.5, 0.6) is 0 Å². The van der Waals surface area contributed by atoms with Crippen LogP contribution in [0, 0.1) is 13.8 Å². The molecule has 2 unspecified atom stereocenters. The monoisotopic (exact) mass is 456 g/mol. The zero-order chi connectivity index (χ0) is 23.7. The Balaban J connectivity index is 1.89. The summed E-state index contributed by atoms with van der Waals surface area (Å²) in [7, 11) is -0.536. The fourth-order valence-corrected chi connectivity index (χ4v) is 13.1. The van der Waals surface area contributed by atoms with Crippen molar-refractivity contribution < 1.29 is 9.47 Å². The van der Waals surface area contributed by atoms with E-state index in [0.717, 1.165) is 40.9 Å². The van der Waals surface area contributed by atoms with Gasteiger partial charge in [-0.1, -0.05) is 66.3 Å². The molecule has 0 saturated carbocycles. The molecule has 176 valence electrons. The molecule has 0 aromatic heterocycles. The van der Waals surface area contributed by atoms with Crippen LogP contribution in [0.3, 0.4) is 0 Å². The molecule has 2 fully saturated rings. The molecule has 2 atom stereocenters. The van der Waals surface area contributed by atoms with Crippen molar-refractivity contribution in [1.29, 1.82) is 0 Å². The zero-order valence-corrected chi connectivity index (χ0v) is 22.0. The first kappa shape index (κ1) is 23.8. The van der Waals surface area contributed by atoms with Crippen LogP contribution in [0.1, 0.15) is 77.0 Å². The Morgan fingerprint density at radius 3 is 2.06 bits per heavy atom. The summed E-state index contributed by atoms with van der Waals surface area (Å²) >= 11 is 0. The van der Waals surface area contributed by atoms with Crippen molar-refractivity contribution in [1.82, 2.24) is 0 Å². The standard InChI is InChI=1S/C27H41N2O2P/c1-17-14-21(28)22(23(29)19(17)3)20-11-9-10-18(2)26(20,8)32-24(4,5)15-27(16-25(32,6)7)30-12-13-31-27/h9-11,14,20H,12-13,15-16,28-29H2,1-8H3. The largest absolute Gasteiger partial charge is 0.398 e. The molecule has 2 heterocycles. The van der Waals surface area contributed by atoms with Crippen LogP contribution in [-0.2, 0) is 9.47 Å². The Morgan fingerprint density at radius 2 is 1.50 bits per heavy atom. The van der Waals surface area contributed by atoms with E-state index >= 15 is 0 Å². The molecule has 1 aromatic carbocycles. The van der Waals surface area contributed by atoms with E-state index in [-0.39, 0.29) is 21.4 Å². The molecule has 0 radical (unpaired) electrons. The van der Waals surface area contributed by atoms with Gasteiger partial charge in [0.15, 0.2) is 5.79 Å². The molecule has 2 saturated heterocycles. The summed E-state index contributed by atoms with van der Waals surface area (Å²) in [6, 6.07) is 2.10. The minimum Gasteiger partial charge on any atom is -0.398 e. The van der Waals surface area contributed by atoms with Gasteiger partial charge in [-0.2, -0.15) is 0 Å². The van der Waals surface area contributed by atoms with Gasteiger partial charge in [-0.05, 0) is 48.3 Å². The van der Waals surface area contributed by atoms with Crippen molar-refractivity contribution in [2.24, 2.45) is 0 Å². The SMILES string of the molecule is CC1=CC=CC(c2c(N)cc(C)c(C)c2N)C1(C)P1C(C)(C)CC2(CC1(C)C)OCCO2. The molecule has 1 spiro atoms. The molecule has 4 rings (SSSR count). The van der Waals surface area contributed by atoms with E-state index < -0.39 is 13.7 Å². The lowest BCUT2D eigenvalue weighted by molar-refractivity contribution is -0.179. The van der Waals surface area contributed by atoms with Gasteiger partial charge in [0.2, 0.25) is 0 Å². The number of hydrogen-bond acceptors (Lipinski definition) is 4. The van der Waals surface area contributed by atoms with Gasteiger partial charge in [0.05, 0.1) is 13.2 Å². The average Bonchev–Trinajstić information content (AvgIpc) is 3.08. The summed E-state index contributed by atoms with van der Waals surface area (Å²) in [5.41, 5.74) is 19.9. The number of ether oxygens (including phenoxy) is 2. The van der Waals surface area contributed by atoms with Crippen LogP contribution >= 0.6 is 7.92 Å². The van der Waals surface area contributed by atoms with Crippen LogP contribution in [0.15, 0.2) is 29.9 Å². The van der Waals surface area contributed by atoms with Gasteiger partial charge >= 0.3 is 0 Å². The quantitative estimate of drug-likeness (QED) is 0.399. The number of rotatable bonds is 2. The summed E-state index contributed by atoms with van der Waals surface area (Å²) in [6.45, 7) is 20.0. The number of anilines is 2. The van der Waals surface area contributed by atoms with E-state index in [4.69, 9.17) is 20.9 Å². The molecular formula is C27H41N2O2P. The first-order valence-electron chi connectivity index (χ1n) is 11.8. The Bertz CT molecular complexity index is 968. The minimum absolute atomic E-state index is 0.0535. The third-order valence-corrected chi connectivity index (χ3v) is 12.5. The van der Waals surface area contributed by atoms with Crippen LogP contribution < -0.4 is 11.5 Å². The van der Waals surface area contributed by atoms with Gasteiger partial charge in [-0.3, -0.25) is 0 Å². The smallest absolute Gasteiger partial charge is 0.170 e. The van der Waals surface area contributed by atoms with E-state index in [2.05, 4.69) is 79.7 Å². The number of allylic oxidation sites excluding steroid dienone is 4. The van der Waals surface area contributed by atoms with Gasteiger partial charge in [-0.15, -0.1) is 0 Å². The van der Waals surface area contributed by atoms with Crippen LogP contribution in [-0.4, -0.2) is 34.5 Å². The highest BCUT2D eigenvalue weighted by Crippen LogP contribution is 2.78. The van der Waals surface area contributed by atoms with Gasteiger partial charge in [0, 0.05) is 40.9 Å². The number of nitrogen functional groups attached to an aromatic ring is 2. The molecule has 3 aliphatic rings. The zero-order valence-electron chi connectivity index (χ0n) is 21.1. The second-order valence-corrected chi connectivity index (χ2v) is 15.5. The van der Waals surface area contributed by atoms with Crippen molar-refractivity contribution in [3.05, 3.63) is 46.6 Å². The highest BCUT2D eigenvalue weighted by molar-refractivity contribution is 7.63. The highest BCUT2D eigenvalue weighted by atomic mass is 31.1. The van der Waals surface area contributed by atoms with Crippen molar-refractivity contribution in [2.45, 2.75) is 95.4 Å². The summed E-state index contributed by atoms with van der Waals surface area (Å²) in [4.78, 5) is 0. The minimum atomic E-state index is -0.536. The molecular weight excluding hydrogens is 415 g/mol. The maximum absolute atomic E-state index is 6.77. The normalized spacial score (nSPS) is 31.1. The van der Waals surface area contributed by atoms with E-state index in [1.807, 2.05) is 0 Å². The fraction of sp³-hybridized carbons (Fsp3) is 0.630. The lowest BCUT2D eigenvalue weighted by Crippen LogP contribution is -2.56. The van der Waals surface area contributed by atoms with Crippen molar-refractivity contribution in [2.75, 3.05) is 24.7 Å². The second-order valence-electron chi connectivity index (χ2n) is 11.5. The number of aryl methyl sites for hydroxylation is 1. The fourth-order valence-electron chi connectivity index (χ4n) is 7.26. The molecule has 1 aliphatic carbocycles. The molecule has 1 aromatic rings. The van der Waals surface area contributed by atoms with E-state index in [9.17, 15) is 0 Å². The Hall–Kier alpha value is -1.35. The lowest BCUT2D eigenvalue weighted by Gasteiger charge is -2.63. The van der Waals surface area contributed by atoms with Gasteiger partial charge in [-0.25, -0.2) is 0 Å². The third kappa shape index (κ3) is 3.45. The Kier molecular flexibility index (Phi) is 5.64. The van der Waals surface area contributed by atoms with Crippen LogP contribution in [0.4, 0.5) is 11.4 Å². The summed E-state index contributed by atoms with van der Waals surface area (Å²) < 4.78 is 12.5. The van der Waals surface area contributed by atoms with Crippen LogP contribution in [0.2, 0.25) is 0 Å². The second kappa shape index (κ2) is 7.58. The number of hydrogen-bond donors (Lipinski definition) is 2. The Morgan fingerprint density at radius 1 is 0.938 bits per heavy atom. The van der Waals surface area contributed by atoms with E-state index in [1.165, 1.54) is 5.57 Å². The van der Waals surface area contributed by atoms with E-state index in [1.54, 1.807) is 0 Å². The third-order valence-electron chi connectivity index (χ3n) is 8.23. The first-order valence-corrected chi connectivity index (χ1v) is 13.2. The molecule has 4 N–H and O–H groups in total. The Labute approximate surface area is 195 Å². The topological polar surface area (TPSA) is 70.5 Å². The van der Waals surface area contributed by atoms with Gasteiger partial charge in [0.1, 0.15) is 0 Å². The summed E-state index contributed by atoms with van der Waals surface area (Å²) in [5.74, 6) is -0.311. The highest BCUT2D eigenvalue weighted by Gasteiger charge is 2.63. The molecule has 0 amide bonds. The van der Waals surface area contributed by atoms with Crippen molar-refractivity contribution in [3.8, 4) is 0 Å². The van der Waals surface area contributed by atoms with Crippen molar-refractivity contribution >= 4 is 19.3 Å². The lowest BCUT2D eigenvalue weighted by atomic mass is 9.76. The average molecular weight is 457 g/mol. The van der Waals surface area contributed by atoms with E-state index in [0.29, 0.717) is 13.2 Å². The molecule has 4 nitrogen and oxygen atoms in total. The van der Waals surface area contributed by atoms with Gasteiger partial charge < -0.3 is 20.9 Å². The maximum atomic E-state index is 6.77. The first-order chi connectivity index (χ1) is 14.8.